The summed E-state index contributed by atoms with van der Waals surface area (Å²) < 4.78 is 9.20. The maximum atomic E-state index is 11.0. The standard InChI is InChI=1S/C9H16N2O5/c1-7(12)15-5-3-10-9(14)11-4-6-16-8(2)13/h3-6H2,1-2H3,(H2,10,11,14). The molecule has 0 unspecified atom stereocenters. The lowest BCUT2D eigenvalue weighted by atomic mass is 10.6. The summed E-state index contributed by atoms with van der Waals surface area (Å²) in [5.41, 5.74) is 0. The van der Waals surface area contributed by atoms with Crippen LogP contribution in [0, 0.1) is 0 Å². The lowest BCUT2D eigenvalue weighted by molar-refractivity contribution is -0.141. The van der Waals surface area contributed by atoms with Gasteiger partial charge in [0.25, 0.3) is 0 Å². The van der Waals surface area contributed by atoms with Gasteiger partial charge in [-0.1, -0.05) is 0 Å². The van der Waals surface area contributed by atoms with Crippen LogP contribution < -0.4 is 10.6 Å². The van der Waals surface area contributed by atoms with Crippen molar-refractivity contribution in [2.75, 3.05) is 26.3 Å². The van der Waals surface area contributed by atoms with Crippen LogP contribution in [-0.2, 0) is 19.1 Å². The Kier molecular flexibility index (Phi) is 7.56. The quantitative estimate of drug-likeness (QED) is 0.471. The average molecular weight is 232 g/mol. The Balaban J connectivity index is 3.31. The Morgan fingerprint density at radius 3 is 1.56 bits per heavy atom. The summed E-state index contributed by atoms with van der Waals surface area (Å²) in [6, 6.07) is -0.403. The minimum absolute atomic E-state index is 0.132. The zero-order chi connectivity index (χ0) is 12.4. The topological polar surface area (TPSA) is 93.7 Å². The highest BCUT2D eigenvalue weighted by atomic mass is 16.5. The number of carbonyl (C=O) groups is 3. The van der Waals surface area contributed by atoms with E-state index in [9.17, 15) is 14.4 Å². The van der Waals surface area contributed by atoms with E-state index in [-0.39, 0.29) is 26.3 Å². The molecule has 0 saturated heterocycles. The van der Waals surface area contributed by atoms with Crippen molar-refractivity contribution in [3.05, 3.63) is 0 Å². The van der Waals surface area contributed by atoms with Gasteiger partial charge in [0.05, 0.1) is 13.1 Å². The Morgan fingerprint density at radius 1 is 0.875 bits per heavy atom. The van der Waals surface area contributed by atoms with Crippen molar-refractivity contribution in [2.24, 2.45) is 0 Å². The molecule has 2 amide bonds. The normalized spacial score (nSPS) is 9.12. The summed E-state index contributed by atoms with van der Waals surface area (Å²) in [7, 11) is 0. The van der Waals surface area contributed by atoms with Gasteiger partial charge in [-0.3, -0.25) is 9.59 Å². The number of carbonyl (C=O) groups excluding carboxylic acids is 3. The van der Waals surface area contributed by atoms with E-state index < -0.39 is 18.0 Å². The van der Waals surface area contributed by atoms with Gasteiger partial charge in [0.15, 0.2) is 0 Å². The smallest absolute Gasteiger partial charge is 0.315 e. The molecule has 0 spiro atoms. The minimum atomic E-state index is -0.403. The molecule has 0 saturated carbocycles. The second-order valence-corrected chi connectivity index (χ2v) is 2.86. The largest absolute Gasteiger partial charge is 0.464 e. The number of ether oxygens (including phenoxy) is 2. The molecule has 0 aliphatic heterocycles. The molecule has 0 fully saturated rings. The molecule has 7 nitrogen and oxygen atoms in total. The van der Waals surface area contributed by atoms with E-state index in [1.165, 1.54) is 13.8 Å². The Bertz CT molecular complexity index is 230. The third-order valence-corrected chi connectivity index (χ3v) is 1.39. The molecule has 0 atom stereocenters. The van der Waals surface area contributed by atoms with Gasteiger partial charge >= 0.3 is 18.0 Å². The van der Waals surface area contributed by atoms with E-state index in [1.54, 1.807) is 0 Å². The van der Waals surface area contributed by atoms with E-state index >= 15 is 0 Å². The summed E-state index contributed by atoms with van der Waals surface area (Å²) in [4.78, 5) is 31.8. The van der Waals surface area contributed by atoms with Crippen molar-refractivity contribution in [2.45, 2.75) is 13.8 Å². The van der Waals surface area contributed by atoms with Gasteiger partial charge in [-0.05, 0) is 0 Å². The molecule has 0 heterocycles. The zero-order valence-corrected chi connectivity index (χ0v) is 9.37. The van der Waals surface area contributed by atoms with Gasteiger partial charge < -0.3 is 20.1 Å². The van der Waals surface area contributed by atoms with Gasteiger partial charge in [0, 0.05) is 13.8 Å². The van der Waals surface area contributed by atoms with Crippen molar-refractivity contribution >= 4 is 18.0 Å². The second-order valence-electron chi connectivity index (χ2n) is 2.86. The molecule has 0 aliphatic carbocycles. The van der Waals surface area contributed by atoms with Crippen LogP contribution in [0.15, 0.2) is 0 Å². The molecule has 0 aromatic rings. The Labute approximate surface area is 93.5 Å². The van der Waals surface area contributed by atoms with Crippen LogP contribution in [-0.4, -0.2) is 44.3 Å². The number of amides is 2. The molecule has 0 aromatic heterocycles. The molecule has 0 aliphatic rings. The van der Waals surface area contributed by atoms with Gasteiger partial charge in [-0.15, -0.1) is 0 Å². The van der Waals surface area contributed by atoms with E-state index in [0.717, 1.165) is 0 Å². The molecule has 16 heavy (non-hydrogen) atoms. The highest BCUT2D eigenvalue weighted by Gasteiger charge is 1.99. The second kappa shape index (κ2) is 8.51. The molecular weight excluding hydrogens is 216 g/mol. The van der Waals surface area contributed by atoms with E-state index in [1.807, 2.05) is 0 Å². The summed E-state index contributed by atoms with van der Waals surface area (Å²) in [6.07, 6.45) is 0. The van der Waals surface area contributed by atoms with Crippen LogP contribution >= 0.6 is 0 Å². The summed E-state index contributed by atoms with van der Waals surface area (Å²) in [6.45, 7) is 3.32. The Morgan fingerprint density at radius 2 is 1.25 bits per heavy atom. The van der Waals surface area contributed by atoms with Gasteiger partial charge in [0.2, 0.25) is 0 Å². The third kappa shape index (κ3) is 10.3. The first kappa shape index (κ1) is 14.2. The molecule has 0 aromatic carbocycles. The first-order valence-electron chi connectivity index (χ1n) is 4.81. The summed E-state index contributed by atoms with van der Waals surface area (Å²) in [5.74, 6) is -0.783. The summed E-state index contributed by atoms with van der Waals surface area (Å²) in [5, 5.41) is 4.92. The maximum absolute atomic E-state index is 11.0. The van der Waals surface area contributed by atoms with Crippen LogP contribution in [0.2, 0.25) is 0 Å². The van der Waals surface area contributed by atoms with Crippen LogP contribution in [0.5, 0.6) is 0 Å². The number of nitrogens with one attached hydrogen (secondary N) is 2. The van der Waals surface area contributed by atoms with Crippen LogP contribution in [0.25, 0.3) is 0 Å². The van der Waals surface area contributed by atoms with E-state index in [4.69, 9.17) is 0 Å². The fourth-order valence-electron chi connectivity index (χ4n) is 0.781. The molecule has 92 valence electrons. The van der Waals surface area contributed by atoms with Crippen molar-refractivity contribution in [3.8, 4) is 0 Å². The average Bonchev–Trinajstić information content (AvgIpc) is 2.19. The number of esters is 2. The lowest BCUT2D eigenvalue weighted by Crippen LogP contribution is -2.39. The van der Waals surface area contributed by atoms with E-state index in [2.05, 4.69) is 20.1 Å². The highest BCUT2D eigenvalue weighted by molar-refractivity contribution is 5.73. The zero-order valence-electron chi connectivity index (χ0n) is 9.37. The van der Waals surface area contributed by atoms with Crippen LogP contribution in [0.4, 0.5) is 4.79 Å². The molecule has 0 bridgehead atoms. The fraction of sp³-hybridized carbons (Fsp3) is 0.667. The molecule has 0 radical (unpaired) electrons. The van der Waals surface area contributed by atoms with Crippen molar-refractivity contribution < 1.29 is 23.9 Å². The number of rotatable bonds is 6. The molecule has 2 N–H and O–H groups in total. The highest BCUT2D eigenvalue weighted by Crippen LogP contribution is 1.76. The predicted molar refractivity (Wildman–Crippen MR) is 54.7 cm³/mol. The molecule has 0 rings (SSSR count). The fourth-order valence-corrected chi connectivity index (χ4v) is 0.781. The van der Waals surface area contributed by atoms with Crippen molar-refractivity contribution in [1.29, 1.82) is 0 Å². The van der Waals surface area contributed by atoms with Crippen LogP contribution in [0.1, 0.15) is 13.8 Å². The minimum Gasteiger partial charge on any atom is -0.464 e. The van der Waals surface area contributed by atoms with Crippen molar-refractivity contribution in [3.63, 3.8) is 0 Å². The first-order valence-corrected chi connectivity index (χ1v) is 4.81. The first-order chi connectivity index (χ1) is 7.52. The van der Waals surface area contributed by atoms with E-state index in [0.29, 0.717) is 0 Å². The maximum Gasteiger partial charge on any atom is 0.315 e. The van der Waals surface area contributed by atoms with Gasteiger partial charge in [0.1, 0.15) is 13.2 Å². The third-order valence-electron chi connectivity index (χ3n) is 1.39. The number of urea groups is 1. The monoisotopic (exact) mass is 232 g/mol. The summed E-state index contributed by atoms with van der Waals surface area (Å²) >= 11 is 0. The van der Waals surface area contributed by atoms with Crippen molar-refractivity contribution in [1.82, 2.24) is 10.6 Å². The lowest BCUT2D eigenvalue weighted by Gasteiger charge is -2.07. The van der Waals surface area contributed by atoms with Crippen LogP contribution in [0.3, 0.4) is 0 Å². The molecular formula is C9H16N2O5. The van der Waals surface area contributed by atoms with Gasteiger partial charge in [-0.2, -0.15) is 0 Å². The van der Waals surface area contributed by atoms with Gasteiger partial charge in [-0.25, -0.2) is 4.79 Å². The molecule has 7 heteroatoms. The SMILES string of the molecule is CC(=O)OCCNC(=O)NCCOC(C)=O. The predicted octanol–water partition coefficient (Wildman–Crippen LogP) is -0.588. The number of hydrogen-bond donors (Lipinski definition) is 2. The number of hydrogen-bond acceptors (Lipinski definition) is 5. The Hall–Kier alpha value is -1.79.